The fraction of sp³-hybridized carbons (Fsp3) is 0.0952. The number of amides is 1. The molecule has 3 aromatic rings. The molecule has 3 aromatic carbocycles. The number of hydrogen-bond acceptors (Lipinski definition) is 3. The van der Waals surface area contributed by atoms with E-state index in [0.717, 1.165) is 11.3 Å². The smallest absolute Gasteiger partial charge is 0.262 e. The molecule has 0 aromatic heterocycles. The van der Waals surface area contributed by atoms with Crippen molar-refractivity contribution < 1.29 is 9.53 Å². The molecule has 0 atom stereocenters. The minimum atomic E-state index is -0.340. The Hall–Kier alpha value is -2.11. The van der Waals surface area contributed by atoms with Gasteiger partial charge in [0, 0.05) is 22.9 Å². The van der Waals surface area contributed by atoms with Gasteiger partial charge in [-0.05, 0) is 60.2 Å². The van der Waals surface area contributed by atoms with E-state index in [1.54, 1.807) is 30.3 Å². The van der Waals surface area contributed by atoms with E-state index in [-0.39, 0.29) is 12.5 Å². The number of anilines is 2. The maximum atomic E-state index is 12.1. The van der Waals surface area contributed by atoms with Crippen LogP contribution in [0.1, 0.15) is 5.56 Å². The number of benzene rings is 3. The number of carbonyl (C=O) groups excluding carboxylic acids is 1. The first-order chi connectivity index (χ1) is 13.9. The first-order valence-corrected chi connectivity index (χ1v) is 10.1. The molecule has 150 valence electrons. The van der Waals surface area contributed by atoms with Gasteiger partial charge in [-0.25, -0.2) is 0 Å². The summed E-state index contributed by atoms with van der Waals surface area (Å²) in [6.45, 7) is 0.391. The lowest BCUT2D eigenvalue weighted by Crippen LogP contribution is -2.20. The first kappa shape index (κ1) is 21.6. The number of halogens is 4. The monoisotopic (exact) mass is 468 g/mol. The molecule has 0 unspecified atom stereocenters. The fourth-order valence-corrected chi connectivity index (χ4v) is 3.14. The molecule has 0 saturated carbocycles. The van der Waals surface area contributed by atoms with Gasteiger partial charge in [0.2, 0.25) is 0 Å². The maximum Gasteiger partial charge on any atom is 0.262 e. The lowest BCUT2D eigenvalue weighted by atomic mass is 10.2. The number of carbonyl (C=O) groups is 1. The highest BCUT2D eigenvalue weighted by molar-refractivity contribution is 6.42. The van der Waals surface area contributed by atoms with Crippen molar-refractivity contribution in [3.05, 3.63) is 86.3 Å². The van der Waals surface area contributed by atoms with Gasteiger partial charge in [0.15, 0.2) is 6.61 Å². The molecule has 29 heavy (non-hydrogen) atoms. The second kappa shape index (κ2) is 10.1. The molecule has 0 aliphatic rings. The third-order valence-corrected chi connectivity index (χ3v) is 5.19. The van der Waals surface area contributed by atoms with Crippen molar-refractivity contribution in [2.45, 2.75) is 6.54 Å². The van der Waals surface area contributed by atoms with E-state index < -0.39 is 0 Å². The lowest BCUT2D eigenvalue weighted by Gasteiger charge is -2.11. The second-order valence-electron chi connectivity index (χ2n) is 6.09. The Morgan fingerprint density at radius 1 is 0.793 bits per heavy atom. The van der Waals surface area contributed by atoms with Crippen LogP contribution in [0.4, 0.5) is 11.4 Å². The lowest BCUT2D eigenvalue weighted by molar-refractivity contribution is -0.118. The van der Waals surface area contributed by atoms with E-state index >= 15 is 0 Å². The topological polar surface area (TPSA) is 50.4 Å². The first-order valence-electron chi connectivity index (χ1n) is 8.56. The van der Waals surface area contributed by atoms with E-state index in [1.165, 1.54) is 0 Å². The SMILES string of the molecule is O=C(COc1ccc(CNc2ccc(Cl)cc2)cc1Cl)Nc1ccc(Cl)c(Cl)c1. The van der Waals surface area contributed by atoms with Crippen molar-refractivity contribution in [3.63, 3.8) is 0 Å². The van der Waals surface area contributed by atoms with Crippen LogP contribution in [0.5, 0.6) is 5.75 Å². The van der Waals surface area contributed by atoms with Gasteiger partial charge in [-0.2, -0.15) is 0 Å². The minimum absolute atomic E-state index is 0.192. The zero-order chi connectivity index (χ0) is 20.8. The molecular formula is C21H16Cl4N2O2. The molecule has 2 N–H and O–H groups in total. The number of ether oxygens (including phenoxy) is 1. The summed E-state index contributed by atoms with van der Waals surface area (Å²) in [6.07, 6.45) is 0. The molecular weight excluding hydrogens is 454 g/mol. The molecule has 0 aliphatic carbocycles. The van der Waals surface area contributed by atoms with Crippen LogP contribution in [0.15, 0.2) is 60.7 Å². The summed E-state index contributed by atoms with van der Waals surface area (Å²) in [4.78, 5) is 12.1. The van der Waals surface area contributed by atoms with Gasteiger partial charge in [0.25, 0.3) is 5.91 Å². The van der Waals surface area contributed by atoms with E-state index in [0.29, 0.717) is 38.1 Å². The average molecular weight is 470 g/mol. The molecule has 1 amide bonds. The van der Waals surface area contributed by atoms with Crippen molar-refractivity contribution in [3.8, 4) is 5.75 Å². The molecule has 8 heteroatoms. The summed E-state index contributed by atoms with van der Waals surface area (Å²) in [5.41, 5.74) is 2.45. The summed E-state index contributed by atoms with van der Waals surface area (Å²) in [7, 11) is 0. The Bertz CT molecular complexity index is 1010. The van der Waals surface area contributed by atoms with Crippen molar-refractivity contribution in [1.29, 1.82) is 0 Å². The standard InChI is InChI=1S/C21H16Cl4N2O2/c22-14-2-4-15(5-3-14)26-11-13-1-8-20(19(25)9-13)29-12-21(28)27-16-6-7-17(23)18(24)10-16/h1-10,26H,11-12H2,(H,27,28). The van der Waals surface area contributed by atoms with E-state index in [9.17, 15) is 4.79 Å². The van der Waals surface area contributed by atoms with Crippen LogP contribution in [0.2, 0.25) is 20.1 Å². The Morgan fingerprint density at radius 2 is 1.52 bits per heavy atom. The quantitative estimate of drug-likeness (QED) is 0.394. The molecule has 0 bridgehead atoms. The van der Waals surface area contributed by atoms with Gasteiger partial charge < -0.3 is 15.4 Å². The Labute approximate surface area is 188 Å². The summed E-state index contributed by atoms with van der Waals surface area (Å²) < 4.78 is 5.52. The van der Waals surface area contributed by atoms with Crippen LogP contribution in [0, 0.1) is 0 Å². The second-order valence-corrected chi connectivity index (χ2v) is 7.75. The zero-order valence-electron chi connectivity index (χ0n) is 15.0. The van der Waals surface area contributed by atoms with Crippen LogP contribution in [-0.2, 0) is 11.3 Å². The highest BCUT2D eigenvalue weighted by Crippen LogP contribution is 2.27. The number of nitrogens with one attached hydrogen (secondary N) is 2. The van der Waals surface area contributed by atoms with Gasteiger partial charge >= 0.3 is 0 Å². The van der Waals surface area contributed by atoms with E-state index in [2.05, 4.69) is 10.6 Å². The molecule has 0 radical (unpaired) electrons. The summed E-state index contributed by atoms with van der Waals surface area (Å²) >= 11 is 24.0. The third-order valence-electron chi connectivity index (χ3n) is 3.90. The number of rotatable bonds is 7. The van der Waals surface area contributed by atoms with Gasteiger partial charge in [-0.3, -0.25) is 4.79 Å². The highest BCUT2D eigenvalue weighted by atomic mass is 35.5. The molecule has 0 heterocycles. The van der Waals surface area contributed by atoms with Crippen LogP contribution in [-0.4, -0.2) is 12.5 Å². The molecule has 0 saturated heterocycles. The molecule has 0 spiro atoms. The summed E-state index contributed by atoms with van der Waals surface area (Å²) in [5, 5.41) is 7.84. The van der Waals surface area contributed by atoms with Gasteiger partial charge in [0.1, 0.15) is 5.75 Å². The molecule has 0 aliphatic heterocycles. The molecule has 3 rings (SSSR count). The van der Waals surface area contributed by atoms with Crippen LogP contribution >= 0.6 is 46.4 Å². The summed E-state index contributed by atoms with van der Waals surface area (Å²) in [5.74, 6) is 0.0825. The van der Waals surface area contributed by atoms with Crippen molar-refractivity contribution in [1.82, 2.24) is 0 Å². The predicted octanol–water partition coefficient (Wildman–Crippen LogP) is 6.93. The maximum absolute atomic E-state index is 12.1. The normalized spacial score (nSPS) is 10.5. The van der Waals surface area contributed by atoms with Crippen molar-refractivity contribution in [2.75, 3.05) is 17.2 Å². The summed E-state index contributed by atoms with van der Waals surface area (Å²) in [6, 6.07) is 17.6. The van der Waals surface area contributed by atoms with Gasteiger partial charge in [-0.1, -0.05) is 52.5 Å². The van der Waals surface area contributed by atoms with Crippen LogP contribution < -0.4 is 15.4 Å². The molecule has 4 nitrogen and oxygen atoms in total. The minimum Gasteiger partial charge on any atom is -0.482 e. The zero-order valence-corrected chi connectivity index (χ0v) is 18.0. The Balaban J connectivity index is 1.52. The molecule has 0 fully saturated rings. The largest absolute Gasteiger partial charge is 0.482 e. The predicted molar refractivity (Wildman–Crippen MR) is 121 cm³/mol. The van der Waals surface area contributed by atoms with E-state index in [4.69, 9.17) is 51.1 Å². The van der Waals surface area contributed by atoms with Crippen LogP contribution in [0.25, 0.3) is 0 Å². The average Bonchev–Trinajstić information content (AvgIpc) is 2.69. The van der Waals surface area contributed by atoms with Crippen molar-refractivity contribution >= 4 is 63.7 Å². The third kappa shape index (κ3) is 6.44. The van der Waals surface area contributed by atoms with Gasteiger partial charge in [0.05, 0.1) is 15.1 Å². The van der Waals surface area contributed by atoms with E-state index in [1.807, 2.05) is 30.3 Å². The van der Waals surface area contributed by atoms with Gasteiger partial charge in [-0.15, -0.1) is 0 Å². The highest BCUT2D eigenvalue weighted by Gasteiger charge is 2.09. The van der Waals surface area contributed by atoms with Crippen molar-refractivity contribution in [2.24, 2.45) is 0 Å². The number of hydrogen-bond donors (Lipinski definition) is 2. The van der Waals surface area contributed by atoms with Crippen LogP contribution in [0.3, 0.4) is 0 Å². The Kier molecular flexibility index (Phi) is 7.51. The Morgan fingerprint density at radius 3 is 2.21 bits per heavy atom. The fourth-order valence-electron chi connectivity index (χ4n) is 2.46.